The number of halogens is 1. The van der Waals surface area contributed by atoms with Crippen molar-refractivity contribution in [1.29, 1.82) is 0 Å². The summed E-state index contributed by atoms with van der Waals surface area (Å²) in [4.78, 5) is 14.9. The molecule has 1 fully saturated rings. The molecule has 134 valence electrons. The van der Waals surface area contributed by atoms with Gasteiger partial charge in [0.2, 0.25) is 0 Å². The first-order chi connectivity index (χ1) is 12.1. The van der Waals surface area contributed by atoms with Crippen molar-refractivity contribution in [2.75, 3.05) is 19.7 Å². The van der Waals surface area contributed by atoms with E-state index in [1.165, 1.54) is 10.4 Å². The van der Waals surface area contributed by atoms with Crippen molar-refractivity contribution < 1.29 is 14.6 Å². The van der Waals surface area contributed by atoms with Crippen LogP contribution in [-0.4, -0.2) is 35.7 Å². The van der Waals surface area contributed by atoms with Crippen LogP contribution in [0.4, 0.5) is 0 Å². The molecular formula is C19H22BrNO3S. The number of piperidine rings is 1. The van der Waals surface area contributed by atoms with Crippen LogP contribution in [0, 0.1) is 5.92 Å². The molecule has 1 aromatic heterocycles. The molecule has 1 atom stereocenters. The van der Waals surface area contributed by atoms with Crippen molar-refractivity contribution in [2.45, 2.75) is 25.8 Å². The van der Waals surface area contributed by atoms with Crippen molar-refractivity contribution in [3.05, 3.63) is 50.6 Å². The summed E-state index contributed by atoms with van der Waals surface area (Å²) in [5.74, 6) is -0.0174. The third-order valence-corrected chi connectivity index (χ3v) is 6.27. The van der Waals surface area contributed by atoms with Crippen molar-refractivity contribution in [2.24, 2.45) is 5.92 Å². The standard InChI is InChI=1S/C19H22BrNO3S/c1-2-24-15-5-3-4-14(12-15)18(16-6-7-17(20)25-16)21-10-8-13(9-11-21)19(22)23/h3-7,12-13,18H,2,8-11H2,1H3,(H,22,23). The van der Waals surface area contributed by atoms with E-state index in [-0.39, 0.29) is 12.0 Å². The van der Waals surface area contributed by atoms with Gasteiger partial charge in [-0.1, -0.05) is 12.1 Å². The van der Waals surface area contributed by atoms with Gasteiger partial charge in [0.05, 0.1) is 22.4 Å². The number of carbonyl (C=O) groups is 1. The molecule has 1 unspecified atom stereocenters. The Balaban J connectivity index is 1.89. The predicted octanol–water partition coefficient (Wildman–Crippen LogP) is 4.80. The van der Waals surface area contributed by atoms with Crippen LogP contribution in [-0.2, 0) is 4.79 Å². The zero-order valence-corrected chi connectivity index (χ0v) is 16.6. The van der Waals surface area contributed by atoms with Crippen molar-refractivity contribution in [3.8, 4) is 5.75 Å². The highest BCUT2D eigenvalue weighted by molar-refractivity contribution is 9.11. The van der Waals surface area contributed by atoms with E-state index in [9.17, 15) is 9.90 Å². The summed E-state index contributed by atoms with van der Waals surface area (Å²) in [6, 6.07) is 12.6. The van der Waals surface area contributed by atoms with Crippen LogP contribution >= 0.6 is 27.3 Å². The lowest BCUT2D eigenvalue weighted by molar-refractivity contribution is -0.143. The molecule has 1 aliphatic heterocycles. The maximum absolute atomic E-state index is 11.3. The van der Waals surface area contributed by atoms with E-state index in [4.69, 9.17) is 4.74 Å². The molecule has 4 nitrogen and oxygen atoms in total. The summed E-state index contributed by atoms with van der Waals surface area (Å²) in [6.07, 6.45) is 1.40. The van der Waals surface area contributed by atoms with Gasteiger partial charge < -0.3 is 9.84 Å². The first-order valence-electron chi connectivity index (χ1n) is 8.53. The minimum atomic E-state index is -0.673. The molecule has 0 amide bonds. The topological polar surface area (TPSA) is 49.8 Å². The van der Waals surface area contributed by atoms with Gasteiger partial charge in [-0.2, -0.15) is 0 Å². The Morgan fingerprint density at radius 3 is 2.72 bits per heavy atom. The zero-order valence-electron chi connectivity index (χ0n) is 14.2. The molecule has 6 heteroatoms. The Kier molecular flexibility index (Phi) is 6.15. The number of rotatable bonds is 6. The van der Waals surface area contributed by atoms with Crippen molar-refractivity contribution >= 4 is 33.2 Å². The molecule has 0 aliphatic carbocycles. The monoisotopic (exact) mass is 423 g/mol. The number of benzene rings is 1. The second-order valence-electron chi connectivity index (χ2n) is 6.20. The average molecular weight is 424 g/mol. The second kappa shape index (κ2) is 8.34. The highest BCUT2D eigenvalue weighted by atomic mass is 79.9. The molecule has 1 saturated heterocycles. The summed E-state index contributed by atoms with van der Waals surface area (Å²) < 4.78 is 6.78. The van der Waals surface area contributed by atoms with Crippen LogP contribution in [0.1, 0.15) is 36.2 Å². The normalized spacial score (nSPS) is 17.4. The van der Waals surface area contributed by atoms with Crippen LogP contribution in [0.25, 0.3) is 0 Å². The fraction of sp³-hybridized carbons (Fsp3) is 0.421. The van der Waals surface area contributed by atoms with E-state index in [1.54, 1.807) is 11.3 Å². The van der Waals surface area contributed by atoms with Gasteiger partial charge in [-0.25, -0.2) is 0 Å². The average Bonchev–Trinajstić information content (AvgIpc) is 3.02. The van der Waals surface area contributed by atoms with E-state index >= 15 is 0 Å². The number of carboxylic acid groups (broad SMARTS) is 1. The first kappa shape index (κ1) is 18.4. The molecule has 0 saturated carbocycles. The lowest BCUT2D eigenvalue weighted by atomic mass is 9.94. The molecule has 3 rings (SSSR count). The Morgan fingerprint density at radius 2 is 2.12 bits per heavy atom. The molecular weight excluding hydrogens is 402 g/mol. The van der Waals surface area contributed by atoms with Gasteiger partial charge in [-0.3, -0.25) is 9.69 Å². The van der Waals surface area contributed by atoms with Gasteiger partial charge in [-0.15, -0.1) is 11.3 Å². The van der Waals surface area contributed by atoms with E-state index < -0.39 is 5.97 Å². The molecule has 25 heavy (non-hydrogen) atoms. The number of hydrogen-bond donors (Lipinski definition) is 1. The van der Waals surface area contributed by atoms with E-state index in [1.807, 2.05) is 19.1 Å². The summed E-state index contributed by atoms with van der Waals surface area (Å²) >= 11 is 5.29. The molecule has 0 spiro atoms. The van der Waals surface area contributed by atoms with Gasteiger partial charge in [0, 0.05) is 4.88 Å². The SMILES string of the molecule is CCOc1cccc(C(c2ccc(Br)s2)N2CCC(C(=O)O)CC2)c1. The number of likely N-dealkylation sites (tertiary alicyclic amines) is 1. The van der Waals surface area contributed by atoms with Crippen LogP contribution < -0.4 is 4.74 Å². The van der Waals surface area contributed by atoms with Gasteiger partial charge in [0.1, 0.15) is 5.75 Å². The number of aliphatic carboxylic acids is 1. The van der Waals surface area contributed by atoms with Crippen LogP contribution in [0.15, 0.2) is 40.2 Å². The van der Waals surface area contributed by atoms with Crippen molar-refractivity contribution in [1.82, 2.24) is 4.90 Å². The molecule has 2 aromatic rings. The fourth-order valence-electron chi connectivity index (χ4n) is 3.38. The maximum atomic E-state index is 11.3. The number of hydrogen-bond acceptors (Lipinski definition) is 4. The quantitative estimate of drug-likeness (QED) is 0.724. The molecule has 1 aliphatic rings. The van der Waals surface area contributed by atoms with Gasteiger partial charge in [-0.05, 0) is 78.6 Å². The van der Waals surface area contributed by atoms with E-state index in [2.05, 4.69) is 45.1 Å². The smallest absolute Gasteiger partial charge is 0.306 e. The third kappa shape index (κ3) is 4.43. The van der Waals surface area contributed by atoms with Gasteiger partial charge >= 0.3 is 5.97 Å². The van der Waals surface area contributed by atoms with E-state index in [0.717, 1.165) is 22.6 Å². The highest BCUT2D eigenvalue weighted by Gasteiger charge is 2.31. The summed E-state index contributed by atoms with van der Waals surface area (Å²) in [7, 11) is 0. The highest BCUT2D eigenvalue weighted by Crippen LogP contribution is 2.38. The van der Waals surface area contributed by atoms with Crippen LogP contribution in [0.5, 0.6) is 5.75 Å². The number of ether oxygens (including phenoxy) is 1. The molecule has 0 bridgehead atoms. The molecule has 1 aromatic carbocycles. The third-order valence-electron chi connectivity index (χ3n) is 4.59. The van der Waals surface area contributed by atoms with Crippen LogP contribution in [0.2, 0.25) is 0 Å². The first-order valence-corrected chi connectivity index (χ1v) is 10.1. The largest absolute Gasteiger partial charge is 0.494 e. The Bertz CT molecular complexity index is 725. The fourth-order valence-corrected chi connectivity index (χ4v) is 4.96. The lowest BCUT2D eigenvalue weighted by Gasteiger charge is -2.36. The Hall–Kier alpha value is -1.37. The summed E-state index contributed by atoms with van der Waals surface area (Å²) in [6.45, 7) is 4.20. The van der Waals surface area contributed by atoms with E-state index in [0.29, 0.717) is 19.4 Å². The lowest BCUT2D eigenvalue weighted by Crippen LogP contribution is -2.39. The van der Waals surface area contributed by atoms with Crippen LogP contribution in [0.3, 0.4) is 0 Å². The van der Waals surface area contributed by atoms with Gasteiger partial charge in [0.15, 0.2) is 0 Å². The minimum absolute atomic E-state index is 0.131. The number of nitrogens with zero attached hydrogens (tertiary/aromatic N) is 1. The Morgan fingerprint density at radius 1 is 1.36 bits per heavy atom. The second-order valence-corrected chi connectivity index (χ2v) is 8.69. The number of thiophene rings is 1. The minimum Gasteiger partial charge on any atom is -0.494 e. The van der Waals surface area contributed by atoms with Crippen molar-refractivity contribution in [3.63, 3.8) is 0 Å². The Labute approximate surface area is 160 Å². The zero-order chi connectivity index (χ0) is 17.8. The summed E-state index contributed by atoms with van der Waals surface area (Å²) in [5.41, 5.74) is 1.19. The van der Waals surface area contributed by atoms with Gasteiger partial charge in [0.25, 0.3) is 0 Å². The molecule has 1 N–H and O–H groups in total. The predicted molar refractivity (Wildman–Crippen MR) is 103 cm³/mol. The maximum Gasteiger partial charge on any atom is 0.306 e. The number of carboxylic acids is 1. The molecule has 2 heterocycles. The molecule has 0 radical (unpaired) electrons. The summed E-state index contributed by atoms with van der Waals surface area (Å²) in [5, 5.41) is 9.26.